The Morgan fingerprint density at radius 1 is 1.56 bits per heavy atom. The molecule has 1 aliphatic rings. The first kappa shape index (κ1) is 13.5. The van der Waals surface area contributed by atoms with Crippen molar-refractivity contribution in [3.63, 3.8) is 0 Å². The number of thiol groups is 1. The molecule has 92 valence electrons. The van der Waals surface area contributed by atoms with Gasteiger partial charge in [0.05, 0.1) is 5.92 Å². The van der Waals surface area contributed by atoms with Gasteiger partial charge < -0.3 is 15.8 Å². The van der Waals surface area contributed by atoms with E-state index in [2.05, 4.69) is 17.9 Å². The molecule has 1 heterocycles. The van der Waals surface area contributed by atoms with Gasteiger partial charge in [0.2, 0.25) is 0 Å². The van der Waals surface area contributed by atoms with Gasteiger partial charge in [0.25, 0.3) is 0 Å². The van der Waals surface area contributed by atoms with Crippen molar-refractivity contribution in [1.29, 1.82) is 0 Å². The van der Waals surface area contributed by atoms with Gasteiger partial charge >= 0.3 is 11.9 Å². The molecule has 0 bridgehead atoms. The molecule has 6 heteroatoms. The first-order chi connectivity index (χ1) is 7.69. The van der Waals surface area contributed by atoms with Crippen molar-refractivity contribution in [1.82, 2.24) is 5.32 Å². The molecule has 1 saturated heterocycles. The second kappa shape index (κ2) is 6.88. The number of hydrogen-bond donors (Lipinski definition) is 3. The number of hydrogen-bond acceptors (Lipinski definition) is 6. The Kier molecular flexibility index (Phi) is 5.79. The molecule has 0 aromatic rings. The smallest absolute Gasteiger partial charge is 0.330 e. The summed E-state index contributed by atoms with van der Waals surface area (Å²) in [7, 11) is 0. The average Bonchev–Trinajstić information content (AvgIpc) is 2.78. The van der Waals surface area contributed by atoms with E-state index in [-0.39, 0.29) is 6.04 Å². The van der Waals surface area contributed by atoms with E-state index in [1.54, 1.807) is 0 Å². The van der Waals surface area contributed by atoms with E-state index in [9.17, 15) is 9.59 Å². The third kappa shape index (κ3) is 3.77. The van der Waals surface area contributed by atoms with Crippen molar-refractivity contribution >= 4 is 24.6 Å². The molecule has 0 spiro atoms. The van der Waals surface area contributed by atoms with E-state index in [1.807, 2.05) is 0 Å². The van der Waals surface area contributed by atoms with Crippen LogP contribution in [0.3, 0.4) is 0 Å². The highest BCUT2D eigenvalue weighted by Crippen LogP contribution is 2.11. The van der Waals surface area contributed by atoms with Crippen molar-refractivity contribution < 1.29 is 14.3 Å². The minimum absolute atomic E-state index is 0.331. The van der Waals surface area contributed by atoms with Gasteiger partial charge in [-0.3, -0.25) is 4.79 Å². The number of carbonyl (C=O) groups excluding carboxylic acids is 2. The molecule has 1 aliphatic heterocycles. The van der Waals surface area contributed by atoms with E-state index < -0.39 is 17.9 Å². The quantitative estimate of drug-likeness (QED) is 0.352. The number of nitrogens with one attached hydrogen (secondary N) is 1. The van der Waals surface area contributed by atoms with Crippen LogP contribution in [0.5, 0.6) is 0 Å². The highest BCUT2D eigenvalue weighted by Gasteiger charge is 2.28. The normalized spacial score (nSPS) is 21.8. The molecular formula is C10H18N2O3S. The van der Waals surface area contributed by atoms with Crippen LogP contribution in [-0.2, 0) is 14.3 Å². The minimum atomic E-state index is -0.515. The van der Waals surface area contributed by atoms with Crippen molar-refractivity contribution in [2.75, 3.05) is 18.8 Å². The molecule has 0 saturated carbocycles. The molecule has 0 aliphatic carbocycles. The van der Waals surface area contributed by atoms with E-state index >= 15 is 0 Å². The maximum atomic E-state index is 11.6. The summed E-state index contributed by atoms with van der Waals surface area (Å²) in [5.41, 5.74) is 5.36. The highest BCUT2D eigenvalue weighted by atomic mass is 32.1. The van der Waals surface area contributed by atoms with Crippen LogP contribution in [-0.4, -0.2) is 36.8 Å². The Bertz CT molecular complexity index is 254. The van der Waals surface area contributed by atoms with Gasteiger partial charge in [0.1, 0.15) is 6.04 Å². The van der Waals surface area contributed by atoms with Gasteiger partial charge in [-0.05, 0) is 32.4 Å². The molecule has 5 nitrogen and oxygen atoms in total. The first-order valence-corrected chi connectivity index (χ1v) is 6.12. The SMILES string of the molecule is NCCC(CS)C(=O)OC(=O)[C@@H]1CCCN1. The molecule has 0 radical (unpaired) electrons. The standard InChI is InChI=1S/C10H18N2O3S/c11-4-3-7(6-16)9(13)15-10(14)8-2-1-5-12-8/h7-8,12,16H,1-6,11H2/t7?,8-/m0/s1. The number of nitrogens with two attached hydrogens (primary N) is 1. The van der Waals surface area contributed by atoms with Gasteiger partial charge in [0.15, 0.2) is 0 Å². The van der Waals surface area contributed by atoms with Gasteiger partial charge in [-0.1, -0.05) is 0 Å². The summed E-state index contributed by atoms with van der Waals surface area (Å²) in [6.07, 6.45) is 2.16. The Hall–Kier alpha value is -0.590. The lowest BCUT2D eigenvalue weighted by Gasteiger charge is -2.13. The molecule has 1 rings (SSSR count). The minimum Gasteiger partial charge on any atom is -0.392 e. The predicted molar refractivity (Wildman–Crippen MR) is 63.1 cm³/mol. The van der Waals surface area contributed by atoms with Crippen molar-refractivity contribution in [2.45, 2.75) is 25.3 Å². The maximum Gasteiger partial charge on any atom is 0.330 e. The van der Waals surface area contributed by atoms with Crippen LogP contribution >= 0.6 is 12.6 Å². The fourth-order valence-corrected chi connectivity index (χ4v) is 1.96. The van der Waals surface area contributed by atoms with Gasteiger partial charge in [0, 0.05) is 5.75 Å². The molecular weight excluding hydrogens is 228 g/mol. The zero-order chi connectivity index (χ0) is 12.0. The van der Waals surface area contributed by atoms with E-state index in [1.165, 1.54) is 0 Å². The van der Waals surface area contributed by atoms with Crippen LogP contribution in [0.25, 0.3) is 0 Å². The summed E-state index contributed by atoms with van der Waals surface area (Å²) in [6, 6.07) is -0.331. The number of esters is 2. The Balaban J connectivity index is 2.39. The van der Waals surface area contributed by atoms with Crippen LogP contribution in [0, 0.1) is 5.92 Å². The lowest BCUT2D eigenvalue weighted by atomic mass is 10.1. The molecule has 0 aromatic heterocycles. The summed E-state index contributed by atoms with van der Waals surface area (Å²) >= 11 is 4.04. The van der Waals surface area contributed by atoms with Crippen LogP contribution < -0.4 is 11.1 Å². The second-order valence-corrected chi connectivity index (χ2v) is 4.21. The molecule has 3 N–H and O–H groups in total. The molecule has 0 aromatic carbocycles. The monoisotopic (exact) mass is 246 g/mol. The summed E-state index contributed by atoms with van der Waals surface area (Å²) < 4.78 is 4.80. The summed E-state index contributed by atoms with van der Waals surface area (Å²) in [5.74, 6) is -1.04. The summed E-state index contributed by atoms with van der Waals surface area (Å²) in [4.78, 5) is 23.1. The fraction of sp³-hybridized carbons (Fsp3) is 0.800. The van der Waals surface area contributed by atoms with E-state index in [0.29, 0.717) is 18.7 Å². The van der Waals surface area contributed by atoms with Crippen LogP contribution in [0.2, 0.25) is 0 Å². The Labute approximate surface area is 100 Å². The third-order valence-electron chi connectivity index (χ3n) is 2.61. The predicted octanol–water partition coefficient (Wildman–Crippen LogP) is -0.297. The zero-order valence-electron chi connectivity index (χ0n) is 9.15. The van der Waals surface area contributed by atoms with Crippen LogP contribution in [0.1, 0.15) is 19.3 Å². The Morgan fingerprint density at radius 3 is 2.81 bits per heavy atom. The summed E-state index contributed by atoms with van der Waals surface area (Å²) in [5, 5.41) is 2.98. The third-order valence-corrected chi connectivity index (χ3v) is 3.06. The molecule has 2 atom stereocenters. The zero-order valence-corrected chi connectivity index (χ0v) is 10.0. The average molecular weight is 246 g/mol. The van der Waals surface area contributed by atoms with Gasteiger partial charge in [-0.15, -0.1) is 0 Å². The topological polar surface area (TPSA) is 81.4 Å². The second-order valence-electron chi connectivity index (χ2n) is 3.85. The molecule has 1 unspecified atom stereocenters. The lowest BCUT2D eigenvalue weighted by Crippen LogP contribution is -2.36. The lowest BCUT2D eigenvalue weighted by molar-refractivity contribution is -0.163. The molecule has 1 fully saturated rings. The van der Waals surface area contributed by atoms with Gasteiger partial charge in [-0.25, -0.2) is 4.79 Å². The van der Waals surface area contributed by atoms with Crippen LogP contribution in [0.4, 0.5) is 0 Å². The van der Waals surface area contributed by atoms with E-state index in [0.717, 1.165) is 19.4 Å². The van der Waals surface area contributed by atoms with Crippen LogP contribution in [0.15, 0.2) is 0 Å². The first-order valence-electron chi connectivity index (χ1n) is 5.49. The van der Waals surface area contributed by atoms with Crippen molar-refractivity contribution in [3.8, 4) is 0 Å². The largest absolute Gasteiger partial charge is 0.392 e. The number of rotatable bonds is 5. The van der Waals surface area contributed by atoms with Gasteiger partial charge in [-0.2, -0.15) is 12.6 Å². The molecule has 16 heavy (non-hydrogen) atoms. The van der Waals surface area contributed by atoms with Crippen molar-refractivity contribution in [3.05, 3.63) is 0 Å². The fourth-order valence-electron chi connectivity index (χ4n) is 1.62. The number of carbonyl (C=O) groups is 2. The maximum absolute atomic E-state index is 11.6. The highest BCUT2D eigenvalue weighted by molar-refractivity contribution is 7.80. The number of ether oxygens (including phenoxy) is 1. The van der Waals surface area contributed by atoms with Crippen molar-refractivity contribution in [2.24, 2.45) is 11.7 Å². The van der Waals surface area contributed by atoms with E-state index in [4.69, 9.17) is 10.5 Å². The molecule has 0 amide bonds. The Morgan fingerprint density at radius 2 is 2.31 bits per heavy atom. The summed E-state index contributed by atoms with van der Waals surface area (Å²) in [6.45, 7) is 1.18.